The first-order valence-electron chi connectivity index (χ1n) is 12.5. The molecule has 4 aromatic rings. The molecule has 0 fully saturated rings. The van der Waals surface area contributed by atoms with Gasteiger partial charge in [0, 0.05) is 30.0 Å². The minimum Gasteiger partial charge on any atom is -0.494 e. The van der Waals surface area contributed by atoms with E-state index >= 15 is 0 Å². The van der Waals surface area contributed by atoms with Crippen LogP contribution in [0.3, 0.4) is 0 Å². The molecular formula is C29H28N4O4S. The molecule has 0 unspecified atom stereocenters. The number of aliphatic imine (C=N–C) groups is 2. The third-order valence-electron chi connectivity index (χ3n) is 6.47. The van der Waals surface area contributed by atoms with Gasteiger partial charge in [0.05, 0.1) is 22.7 Å². The topological polar surface area (TPSA) is 113 Å². The van der Waals surface area contributed by atoms with Crippen LogP contribution in [0.5, 0.6) is 5.88 Å². The summed E-state index contributed by atoms with van der Waals surface area (Å²) in [5.74, 6) is 0.270. The highest BCUT2D eigenvalue weighted by Crippen LogP contribution is 2.26. The van der Waals surface area contributed by atoms with Gasteiger partial charge in [0.15, 0.2) is 0 Å². The Morgan fingerprint density at radius 2 is 1.71 bits per heavy atom. The second-order valence-electron chi connectivity index (χ2n) is 9.16. The summed E-state index contributed by atoms with van der Waals surface area (Å²) in [5.41, 5.74) is 1.32. The zero-order valence-corrected chi connectivity index (χ0v) is 21.6. The molecule has 5 rings (SSSR count). The lowest BCUT2D eigenvalue weighted by Gasteiger charge is -2.14. The average Bonchev–Trinajstić information content (AvgIpc) is 3.20. The second-order valence-corrected chi connectivity index (χ2v) is 10.8. The maximum absolute atomic E-state index is 13.2. The van der Waals surface area contributed by atoms with Crippen LogP contribution in [0.1, 0.15) is 36.8 Å². The number of hydrogen-bond donors (Lipinski definition) is 2. The van der Waals surface area contributed by atoms with Crippen molar-refractivity contribution in [1.82, 2.24) is 9.29 Å². The van der Waals surface area contributed by atoms with Gasteiger partial charge in [-0.3, -0.25) is 24.1 Å². The first-order valence-corrected chi connectivity index (χ1v) is 14.0. The Balaban J connectivity index is 1.50. The fraction of sp³-hybridized carbons (Fsp3) is 0.207. The van der Waals surface area contributed by atoms with E-state index in [2.05, 4.69) is 14.7 Å². The minimum atomic E-state index is -3.82. The van der Waals surface area contributed by atoms with Gasteiger partial charge < -0.3 is 5.11 Å². The molecule has 0 spiro atoms. The first kappa shape index (κ1) is 25.4. The maximum atomic E-state index is 13.2. The lowest BCUT2D eigenvalue weighted by molar-refractivity contribution is 0.416. The number of hydrogen-bond acceptors (Lipinski definition) is 6. The van der Waals surface area contributed by atoms with Crippen molar-refractivity contribution in [3.63, 3.8) is 0 Å². The second kappa shape index (κ2) is 11.0. The van der Waals surface area contributed by atoms with Crippen LogP contribution in [0.4, 0.5) is 5.69 Å². The van der Waals surface area contributed by atoms with Crippen LogP contribution in [0.15, 0.2) is 98.5 Å². The molecule has 0 radical (unpaired) electrons. The molecule has 0 bridgehead atoms. The van der Waals surface area contributed by atoms with Gasteiger partial charge in [-0.2, -0.15) is 0 Å². The van der Waals surface area contributed by atoms with Crippen LogP contribution in [0.2, 0.25) is 0 Å². The van der Waals surface area contributed by atoms with E-state index in [0.29, 0.717) is 40.8 Å². The van der Waals surface area contributed by atoms with Crippen molar-refractivity contribution < 1.29 is 13.5 Å². The van der Waals surface area contributed by atoms with Gasteiger partial charge in [0.2, 0.25) is 5.88 Å². The molecule has 8 nitrogen and oxygen atoms in total. The highest BCUT2D eigenvalue weighted by Gasteiger charge is 2.18. The molecule has 194 valence electrons. The number of aromatic hydroxyl groups is 1. The van der Waals surface area contributed by atoms with E-state index in [9.17, 15) is 18.3 Å². The van der Waals surface area contributed by atoms with Crippen molar-refractivity contribution in [3.8, 4) is 5.88 Å². The van der Waals surface area contributed by atoms with Crippen LogP contribution in [0.25, 0.3) is 10.8 Å². The molecule has 1 aliphatic rings. The number of sulfonamides is 1. The van der Waals surface area contributed by atoms with E-state index in [1.807, 2.05) is 30.3 Å². The molecule has 2 N–H and O–H groups in total. The third-order valence-corrected chi connectivity index (χ3v) is 7.85. The fourth-order valence-corrected chi connectivity index (χ4v) is 5.62. The van der Waals surface area contributed by atoms with Crippen molar-refractivity contribution >= 4 is 38.5 Å². The number of fused-ring (bicyclic) bond motifs is 1. The lowest BCUT2D eigenvalue weighted by atomic mass is 10.1. The molecule has 38 heavy (non-hydrogen) atoms. The van der Waals surface area contributed by atoms with Crippen LogP contribution in [-0.4, -0.2) is 36.7 Å². The Morgan fingerprint density at radius 1 is 0.947 bits per heavy atom. The largest absolute Gasteiger partial charge is 0.494 e. The fourth-order valence-electron chi connectivity index (χ4n) is 4.49. The lowest BCUT2D eigenvalue weighted by Crippen LogP contribution is -2.30. The SMILES string of the molecule is O=c1c2ccccc2c(C=Nc2cccc(S(=O)(=O)NC3=NCCCCC3)c2)c(O)n1Cc1ccccc1. The summed E-state index contributed by atoms with van der Waals surface area (Å²) in [6.45, 7) is 0.812. The van der Waals surface area contributed by atoms with Crippen molar-refractivity contribution in [3.05, 3.63) is 100 Å². The number of nitrogens with zero attached hydrogens (tertiary/aromatic N) is 3. The smallest absolute Gasteiger partial charge is 0.262 e. The van der Waals surface area contributed by atoms with E-state index < -0.39 is 10.0 Å². The van der Waals surface area contributed by atoms with E-state index in [0.717, 1.165) is 24.8 Å². The predicted octanol–water partition coefficient (Wildman–Crippen LogP) is 4.76. The van der Waals surface area contributed by atoms with Crippen LogP contribution >= 0.6 is 0 Å². The Hall–Kier alpha value is -4.24. The van der Waals surface area contributed by atoms with E-state index in [-0.39, 0.29) is 22.9 Å². The van der Waals surface area contributed by atoms with Gasteiger partial charge in [-0.1, -0.05) is 61.0 Å². The van der Waals surface area contributed by atoms with Crippen LogP contribution < -0.4 is 10.3 Å². The molecule has 0 atom stereocenters. The molecule has 0 saturated carbocycles. The van der Waals surface area contributed by atoms with Crippen molar-refractivity contribution in [2.24, 2.45) is 9.98 Å². The molecule has 2 heterocycles. The minimum absolute atomic E-state index is 0.0715. The zero-order chi connectivity index (χ0) is 26.5. The highest BCUT2D eigenvalue weighted by molar-refractivity contribution is 7.90. The summed E-state index contributed by atoms with van der Waals surface area (Å²) < 4.78 is 29.9. The van der Waals surface area contributed by atoms with Crippen LogP contribution in [-0.2, 0) is 16.6 Å². The summed E-state index contributed by atoms with van der Waals surface area (Å²) in [4.78, 5) is 22.1. The van der Waals surface area contributed by atoms with Gasteiger partial charge in [-0.25, -0.2) is 8.42 Å². The van der Waals surface area contributed by atoms with Gasteiger partial charge in [0.25, 0.3) is 15.6 Å². The van der Waals surface area contributed by atoms with Gasteiger partial charge in [0.1, 0.15) is 5.84 Å². The third kappa shape index (κ3) is 5.52. The maximum Gasteiger partial charge on any atom is 0.262 e. The summed E-state index contributed by atoms with van der Waals surface area (Å²) in [6.07, 6.45) is 4.94. The summed E-state index contributed by atoms with van der Waals surface area (Å²) in [7, 11) is -3.82. The van der Waals surface area contributed by atoms with Crippen molar-refractivity contribution in [2.45, 2.75) is 37.1 Å². The average molecular weight is 529 g/mol. The molecule has 3 aromatic carbocycles. The number of pyridine rings is 1. The Labute approximate surface area is 221 Å². The van der Waals surface area contributed by atoms with E-state index in [1.54, 1.807) is 36.4 Å². The van der Waals surface area contributed by atoms with E-state index in [1.165, 1.54) is 22.9 Å². The van der Waals surface area contributed by atoms with Gasteiger partial charge in [-0.05, 0) is 42.7 Å². The molecule has 1 aromatic heterocycles. The van der Waals surface area contributed by atoms with Gasteiger partial charge in [-0.15, -0.1) is 0 Å². The number of nitrogens with one attached hydrogen (secondary N) is 1. The molecule has 0 aliphatic carbocycles. The standard InChI is InChI=1S/C29H28N4O4S/c34-28-25-15-7-6-14-24(25)26(29(35)33(28)20-21-10-3-1-4-11-21)19-31-22-12-9-13-23(18-22)38(36,37)32-27-16-5-2-8-17-30-27/h1,3-4,6-7,9-15,18-19,35H,2,5,8,16-17,20H2,(H,30,32). The molecular weight excluding hydrogens is 500 g/mol. The monoisotopic (exact) mass is 528 g/mol. The predicted molar refractivity (Wildman–Crippen MR) is 150 cm³/mol. The number of benzene rings is 3. The van der Waals surface area contributed by atoms with E-state index in [4.69, 9.17) is 0 Å². The zero-order valence-electron chi connectivity index (χ0n) is 20.7. The normalized spacial score (nSPS) is 14.4. The van der Waals surface area contributed by atoms with Crippen LogP contribution in [0, 0.1) is 0 Å². The molecule has 1 aliphatic heterocycles. The summed E-state index contributed by atoms with van der Waals surface area (Å²) in [6, 6.07) is 22.7. The summed E-state index contributed by atoms with van der Waals surface area (Å²) in [5, 5.41) is 12.2. The molecule has 9 heteroatoms. The Kier molecular flexibility index (Phi) is 7.37. The quantitative estimate of drug-likeness (QED) is 0.351. The van der Waals surface area contributed by atoms with Gasteiger partial charge >= 0.3 is 0 Å². The molecule has 0 amide bonds. The highest BCUT2D eigenvalue weighted by atomic mass is 32.2. The number of aromatic nitrogens is 1. The molecule has 0 saturated heterocycles. The first-order chi connectivity index (χ1) is 18.4. The number of rotatable bonds is 6. The van der Waals surface area contributed by atoms with Crippen molar-refractivity contribution in [2.75, 3.05) is 6.54 Å². The van der Waals surface area contributed by atoms with Crippen molar-refractivity contribution in [1.29, 1.82) is 0 Å². The Bertz CT molecular complexity index is 1690. The summed E-state index contributed by atoms with van der Waals surface area (Å²) >= 11 is 0. The number of amidine groups is 1. The Morgan fingerprint density at radius 3 is 2.53 bits per heavy atom.